The lowest BCUT2D eigenvalue weighted by atomic mass is 10.3. The first-order chi connectivity index (χ1) is 12.8. The highest BCUT2D eigenvalue weighted by Crippen LogP contribution is 2.24. The quantitative estimate of drug-likeness (QED) is 0.452. The number of benzene rings is 1. The molecule has 9 nitrogen and oxygen atoms in total. The molecule has 0 aromatic heterocycles. The van der Waals surface area contributed by atoms with Crippen molar-refractivity contribution in [2.24, 2.45) is 0 Å². The van der Waals surface area contributed by atoms with Gasteiger partial charge < -0.3 is 20.1 Å². The van der Waals surface area contributed by atoms with Crippen molar-refractivity contribution in [3.8, 4) is 0 Å². The monoisotopic (exact) mass is 407 g/mol. The van der Waals surface area contributed by atoms with E-state index in [1.54, 1.807) is 0 Å². The average Bonchev–Trinajstić information content (AvgIpc) is 3.11. The van der Waals surface area contributed by atoms with E-state index in [9.17, 15) is 26.8 Å². The van der Waals surface area contributed by atoms with E-state index in [0.717, 1.165) is 10.4 Å². The minimum absolute atomic E-state index is 0.00324. The molecule has 2 N–H and O–H groups in total. The number of hydrogen-bond donors (Lipinski definition) is 2. The van der Waals surface area contributed by atoms with Crippen LogP contribution in [0, 0.1) is 11.6 Å². The van der Waals surface area contributed by atoms with Gasteiger partial charge in [-0.2, -0.15) is 4.31 Å². The van der Waals surface area contributed by atoms with Gasteiger partial charge >= 0.3 is 11.8 Å². The number of methoxy groups -OCH3 is 1. The van der Waals surface area contributed by atoms with E-state index >= 15 is 0 Å². The third-order valence-corrected chi connectivity index (χ3v) is 5.56. The third kappa shape index (κ3) is 5.19. The molecule has 1 fully saturated rings. The van der Waals surface area contributed by atoms with Crippen LogP contribution in [0.3, 0.4) is 0 Å². The minimum atomic E-state index is -4.40. The van der Waals surface area contributed by atoms with E-state index in [2.05, 4.69) is 10.6 Å². The second-order valence-corrected chi connectivity index (χ2v) is 7.33. The van der Waals surface area contributed by atoms with Crippen molar-refractivity contribution in [1.82, 2.24) is 14.9 Å². The number of nitrogens with one attached hydrogen (secondary N) is 2. The van der Waals surface area contributed by atoms with Gasteiger partial charge in [0.2, 0.25) is 10.0 Å². The largest absolute Gasteiger partial charge is 0.383 e. The Morgan fingerprint density at radius 1 is 1.30 bits per heavy atom. The molecule has 1 heterocycles. The number of rotatable bonds is 7. The minimum Gasteiger partial charge on any atom is -0.383 e. The van der Waals surface area contributed by atoms with Crippen LogP contribution < -0.4 is 10.6 Å². The first-order valence-electron chi connectivity index (χ1n) is 7.91. The second kappa shape index (κ2) is 9.17. The molecule has 1 aliphatic heterocycles. The molecule has 2 rings (SSSR count). The zero-order valence-corrected chi connectivity index (χ0v) is 15.2. The van der Waals surface area contributed by atoms with Gasteiger partial charge in [-0.05, 0) is 18.2 Å². The maximum Gasteiger partial charge on any atom is 0.309 e. The molecule has 1 atom stereocenters. The number of carbonyl (C=O) groups is 2. The number of ether oxygens (including phenoxy) is 2. The maximum atomic E-state index is 13.9. The summed E-state index contributed by atoms with van der Waals surface area (Å²) in [5.74, 6) is -3.93. The predicted octanol–water partition coefficient (Wildman–Crippen LogP) is -0.809. The fourth-order valence-corrected chi connectivity index (χ4v) is 3.94. The topological polar surface area (TPSA) is 114 Å². The molecule has 0 radical (unpaired) electrons. The zero-order chi connectivity index (χ0) is 20.0. The first-order valence-corrected chi connectivity index (χ1v) is 9.35. The number of carbonyl (C=O) groups excluding carboxylic acids is 2. The van der Waals surface area contributed by atoms with Crippen molar-refractivity contribution in [1.29, 1.82) is 0 Å². The van der Waals surface area contributed by atoms with Crippen LogP contribution in [-0.4, -0.2) is 70.7 Å². The van der Waals surface area contributed by atoms with Gasteiger partial charge in [0.05, 0.1) is 19.8 Å². The van der Waals surface area contributed by atoms with Gasteiger partial charge in [-0.25, -0.2) is 17.2 Å². The van der Waals surface area contributed by atoms with Gasteiger partial charge in [0.15, 0.2) is 0 Å². The summed E-state index contributed by atoms with van der Waals surface area (Å²) in [5, 5.41) is 4.54. The summed E-state index contributed by atoms with van der Waals surface area (Å²) >= 11 is 0. The van der Waals surface area contributed by atoms with Crippen molar-refractivity contribution in [2.75, 3.05) is 40.0 Å². The molecule has 1 aliphatic rings. The Morgan fingerprint density at radius 2 is 2.00 bits per heavy atom. The summed E-state index contributed by atoms with van der Waals surface area (Å²) in [6.07, 6.45) is -1.16. The lowest BCUT2D eigenvalue weighted by Gasteiger charge is -2.23. The van der Waals surface area contributed by atoms with Gasteiger partial charge in [-0.1, -0.05) is 0 Å². The van der Waals surface area contributed by atoms with Crippen molar-refractivity contribution in [3.05, 3.63) is 29.8 Å². The van der Waals surface area contributed by atoms with Gasteiger partial charge in [0, 0.05) is 20.2 Å². The zero-order valence-electron chi connectivity index (χ0n) is 14.4. The molecule has 150 valence electrons. The Hall–Kier alpha value is -2.15. The standard InChI is InChI=1S/C15H19F2N3O6S/c1-25-6-4-18-14(21)15(22)19-9-13-20(5-7-26-13)27(23,24)12-8-10(16)2-3-11(12)17/h2-3,8,13H,4-7,9H2,1H3,(H,18,21)(H,19,22)/t13-/m0/s1. The van der Waals surface area contributed by atoms with E-state index < -0.39 is 44.6 Å². The van der Waals surface area contributed by atoms with Gasteiger partial charge in [0.1, 0.15) is 22.8 Å². The number of sulfonamides is 1. The van der Waals surface area contributed by atoms with E-state index in [0.29, 0.717) is 12.1 Å². The predicted molar refractivity (Wildman–Crippen MR) is 87.9 cm³/mol. The molecule has 27 heavy (non-hydrogen) atoms. The summed E-state index contributed by atoms with van der Waals surface area (Å²) in [6, 6.07) is 2.08. The lowest BCUT2D eigenvalue weighted by Crippen LogP contribution is -2.47. The third-order valence-electron chi connectivity index (χ3n) is 3.66. The summed E-state index contributed by atoms with van der Waals surface area (Å²) in [5.41, 5.74) is 0. The normalized spacial score (nSPS) is 17.7. The summed E-state index contributed by atoms with van der Waals surface area (Å²) in [6.45, 7) is -0.111. The highest BCUT2D eigenvalue weighted by atomic mass is 32.2. The molecule has 0 unspecified atom stereocenters. The van der Waals surface area contributed by atoms with Crippen molar-refractivity contribution in [2.45, 2.75) is 11.1 Å². The summed E-state index contributed by atoms with van der Waals surface area (Å²) < 4.78 is 63.2. The molecule has 2 amide bonds. The Morgan fingerprint density at radius 3 is 2.70 bits per heavy atom. The highest BCUT2D eigenvalue weighted by molar-refractivity contribution is 7.89. The van der Waals surface area contributed by atoms with Gasteiger partial charge in [-0.3, -0.25) is 9.59 Å². The molecule has 0 spiro atoms. The number of halogens is 2. The van der Waals surface area contributed by atoms with E-state index in [1.165, 1.54) is 7.11 Å². The number of nitrogens with zero attached hydrogens (tertiary/aromatic N) is 1. The average molecular weight is 407 g/mol. The molecule has 0 aliphatic carbocycles. The number of hydrogen-bond acceptors (Lipinski definition) is 6. The Labute approximate surface area is 154 Å². The molecular weight excluding hydrogens is 388 g/mol. The van der Waals surface area contributed by atoms with Crippen LogP contribution in [0.1, 0.15) is 0 Å². The molecule has 1 saturated heterocycles. The lowest BCUT2D eigenvalue weighted by molar-refractivity contribution is -0.139. The van der Waals surface area contributed by atoms with Crippen LogP contribution in [0.5, 0.6) is 0 Å². The Balaban J connectivity index is 2.03. The second-order valence-electron chi connectivity index (χ2n) is 5.47. The van der Waals surface area contributed by atoms with Crippen molar-refractivity contribution < 1.29 is 36.3 Å². The van der Waals surface area contributed by atoms with Crippen LogP contribution in [-0.2, 0) is 29.1 Å². The molecule has 1 aromatic rings. The molecule has 12 heteroatoms. The van der Waals surface area contributed by atoms with E-state index in [1.807, 2.05) is 0 Å². The fraction of sp³-hybridized carbons (Fsp3) is 0.467. The van der Waals surface area contributed by atoms with Gasteiger partial charge in [-0.15, -0.1) is 0 Å². The molecule has 0 saturated carbocycles. The van der Waals surface area contributed by atoms with Crippen LogP contribution in [0.2, 0.25) is 0 Å². The van der Waals surface area contributed by atoms with E-state index in [-0.39, 0.29) is 32.8 Å². The molecular formula is C15H19F2N3O6S. The maximum absolute atomic E-state index is 13.9. The van der Waals surface area contributed by atoms with Crippen molar-refractivity contribution in [3.63, 3.8) is 0 Å². The smallest absolute Gasteiger partial charge is 0.309 e. The van der Waals surface area contributed by atoms with Crippen molar-refractivity contribution >= 4 is 21.8 Å². The van der Waals surface area contributed by atoms with Crippen LogP contribution >= 0.6 is 0 Å². The summed E-state index contributed by atoms with van der Waals surface area (Å²) in [4.78, 5) is 22.5. The van der Waals surface area contributed by atoms with Crippen LogP contribution in [0.4, 0.5) is 8.78 Å². The Bertz CT molecular complexity index is 805. The Kier molecular flexibility index (Phi) is 7.18. The fourth-order valence-electron chi connectivity index (χ4n) is 2.35. The molecule has 0 bridgehead atoms. The first kappa shape index (κ1) is 21.2. The molecule has 1 aromatic carbocycles. The van der Waals surface area contributed by atoms with Gasteiger partial charge in [0.25, 0.3) is 0 Å². The summed E-state index contributed by atoms with van der Waals surface area (Å²) in [7, 11) is -2.97. The number of amides is 2. The SMILES string of the molecule is COCCNC(=O)C(=O)NC[C@@H]1OCCN1S(=O)(=O)c1cc(F)ccc1F. The van der Waals surface area contributed by atoms with E-state index in [4.69, 9.17) is 9.47 Å². The van der Waals surface area contributed by atoms with Crippen LogP contribution in [0.15, 0.2) is 23.1 Å². The van der Waals surface area contributed by atoms with Crippen LogP contribution in [0.25, 0.3) is 0 Å². The highest BCUT2D eigenvalue weighted by Gasteiger charge is 2.38.